The van der Waals surface area contributed by atoms with Crippen molar-refractivity contribution in [3.63, 3.8) is 0 Å². The largest absolute Gasteiger partial charge is 0.497 e. The van der Waals surface area contributed by atoms with Gasteiger partial charge in [0.1, 0.15) is 22.9 Å². The lowest BCUT2D eigenvalue weighted by molar-refractivity contribution is -0.140. The van der Waals surface area contributed by atoms with Crippen molar-refractivity contribution in [2.75, 3.05) is 139 Å². The van der Waals surface area contributed by atoms with Crippen molar-refractivity contribution in [3.05, 3.63) is 185 Å². The summed E-state index contributed by atoms with van der Waals surface area (Å²) in [5.41, 5.74) is 8.40. The smallest absolute Gasteiger partial charge is 0.370 e. The van der Waals surface area contributed by atoms with Crippen LogP contribution in [-0.2, 0) is 49.3 Å². The highest BCUT2D eigenvalue weighted by Gasteiger charge is 2.65. The minimum Gasteiger partial charge on any atom is -0.497 e. The third-order valence-electron chi connectivity index (χ3n) is 17.4. The number of hydrazone groups is 2. The summed E-state index contributed by atoms with van der Waals surface area (Å²) in [6.07, 6.45) is 4.05. The molecule has 3 saturated heterocycles. The van der Waals surface area contributed by atoms with Gasteiger partial charge in [-0.3, -0.25) is 24.7 Å². The van der Waals surface area contributed by atoms with Crippen LogP contribution in [0.2, 0.25) is 0 Å². The van der Waals surface area contributed by atoms with Gasteiger partial charge in [0.25, 0.3) is 17.7 Å². The number of esters is 3. The summed E-state index contributed by atoms with van der Waals surface area (Å²) in [6.45, 7) is 12.7. The molecule has 103 heavy (non-hydrogen) atoms. The van der Waals surface area contributed by atoms with Crippen molar-refractivity contribution in [2.45, 2.75) is 45.7 Å². The van der Waals surface area contributed by atoms with Crippen LogP contribution in [0.3, 0.4) is 0 Å². The van der Waals surface area contributed by atoms with Gasteiger partial charge in [0.05, 0.1) is 96.3 Å². The number of ether oxygens (including phenoxy) is 8. The second kappa shape index (κ2) is 36.8. The van der Waals surface area contributed by atoms with E-state index in [1.165, 1.54) is 8.25 Å². The lowest BCUT2D eigenvalue weighted by Crippen LogP contribution is -2.74. The molecule has 6 aliphatic heterocycles. The fourth-order valence-electron chi connectivity index (χ4n) is 12.5. The zero-order valence-electron chi connectivity index (χ0n) is 57.7. The van der Waals surface area contributed by atoms with Crippen molar-refractivity contribution in [1.82, 2.24) is 19.6 Å². The van der Waals surface area contributed by atoms with Gasteiger partial charge in [-0.2, -0.15) is 15.3 Å². The molecular weight excluding hydrogens is 1680 g/mol. The molecule has 0 saturated carbocycles. The molecule has 25 nitrogen and oxygen atoms in total. The molecule has 3 fully saturated rings. The second-order valence-corrected chi connectivity index (χ2v) is 27.5. The Labute approximate surface area is 643 Å². The standard InChI is InChI=1S/C26H29IN4O5.C22H20IN3O4.C15H17IN2O2.C11H13ClN2O3/c1-3-36-24(32)23-22-12-13-30(19-6-4-18(27)5-7-19)25(33)26(22,29-14-16-35-17-15-29)31(28-23)20-8-10-21(34-2)11-9-20;1-3-30-22(28)19-18-12-13-25(15-6-4-14(23)5-7-15)21(27)20(18)26(24-19)16-8-10-17(29-2)11-9-16;16-12-3-5-13(6-4-12)18-7-1-2-14(15(18)19)17-8-10-20-11-9-17;1-3-17-11(15)10(12)14-13-8-4-6-9(16-2)7-5-8/h4-11,22H,3,12-17H2,1-2H3;4-11H,3,12-13H2,1-2H3;2-6H,1,7-11H2;4-7,13H,3H2,1-2H3/b;;;14-10-/t22-,26+;;;/m0.../s1. The van der Waals surface area contributed by atoms with Crippen LogP contribution >= 0.6 is 79.4 Å². The minimum atomic E-state index is -1.22. The molecule has 0 aliphatic carbocycles. The Morgan fingerprint density at radius 2 is 1.05 bits per heavy atom. The zero-order chi connectivity index (χ0) is 73.2. The Morgan fingerprint density at radius 1 is 0.573 bits per heavy atom. The topological polar surface area (TPSA) is 250 Å². The number of anilines is 5. The second-order valence-electron chi connectivity index (χ2n) is 23.4. The van der Waals surface area contributed by atoms with Gasteiger partial charge in [-0.1, -0.05) is 17.7 Å². The molecule has 7 aromatic rings. The van der Waals surface area contributed by atoms with E-state index in [0.717, 1.165) is 61.7 Å². The molecule has 3 amide bonds. The Kier molecular flexibility index (Phi) is 27.6. The molecule has 0 bridgehead atoms. The molecule has 13 rings (SSSR count). The highest BCUT2D eigenvalue weighted by Crippen LogP contribution is 2.47. The van der Waals surface area contributed by atoms with E-state index >= 15 is 0 Å². The minimum absolute atomic E-state index is 0.110. The fourth-order valence-corrected chi connectivity index (χ4v) is 13.6. The number of carbonyl (C=O) groups is 6. The number of hydrogen-bond donors (Lipinski definition) is 1. The fraction of sp³-hybridized carbons (Fsp3) is 0.338. The number of morpholine rings is 2. The van der Waals surface area contributed by atoms with Crippen molar-refractivity contribution in [3.8, 4) is 22.9 Å². The SMILES string of the molecule is CCOC(=O)/C(Cl)=N/Nc1ccc(OC)cc1.CCOC(=O)C1=NN(c2ccc(OC)cc2)[C@@]2(N3CCOCC3)C(=O)N(c3ccc(I)cc3)CC[C@@H]12.CCOC(=O)c1nn(-c2ccc(OC)cc2)c2c1CCN(c1ccc(I)cc1)C2=O.O=C1C(N2CCOCC2)=CCCN1c1ccc(I)cc1. The van der Waals surface area contributed by atoms with E-state index in [2.05, 4.69) is 104 Å². The number of hydrogen-bond acceptors (Lipinski definition) is 21. The first-order valence-electron chi connectivity index (χ1n) is 33.5. The highest BCUT2D eigenvalue weighted by molar-refractivity contribution is 14.1. The quantitative estimate of drug-likeness (QED) is 0.0276. The third-order valence-corrected chi connectivity index (χ3v) is 19.8. The number of amides is 3. The van der Waals surface area contributed by atoms with E-state index in [1.807, 2.05) is 107 Å². The van der Waals surface area contributed by atoms with E-state index < -0.39 is 29.5 Å². The molecule has 7 heterocycles. The number of fused-ring (bicyclic) bond motifs is 2. The number of nitrogens with one attached hydrogen (secondary N) is 1. The molecule has 6 aromatic carbocycles. The molecular formula is C74H79ClI3N11O14. The Hall–Kier alpha value is -8.41. The van der Waals surface area contributed by atoms with Crippen LogP contribution in [0.25, 0.3) is 5.69 Å². The van der Waals surface area contributed by atoms with Crippen LogP contribution in [0.1, 0.15) is 60.2 Å². The van der Waals surface area contributed by atoms with E-state index in [-0.39, 0.29) is 54.1 Å². The van der Waals surface area contributed by atoms with E-state index in [0.29, 0.717) is 105 Å². The van der Waals surface area contributed by atoms with Crippen molar-refractivity contribution in [2.24, 2.45) is 16.1 Å². The maximum absolute atomic E-state index is 14.7. The van der Waals surface area contributed by atoms with Gasteiger partial charge in [-0.25, -0.2) is 24.1 Å². The zero-order valence-corrected chi connectivity index (χ0v) is 65.0. The molecule has 1 N–H and O–H groups in total. The number of methoxy groups -OCH3 is 3. The van der Waals surface area contributed by atoms with E-state index in [4.69, 9.17) is 49.9 Å². The third kappa shape index (κ3) is 18.2. The van der Waals surface area contributed by atoms with Crippen molar-refractivity contribution < 1.29 is 66.7 Å². The first kappa shape index (κ1) is 77.2. The van der Waals surface area contributed by atoms with Gasteiger partial charge in [0.2, 0.25) is 10.8 Å². The Bertz CT molecular complexity index is 4200. The lowest BCUT2D eigenvalue weighted by Gasteiger charge is -2.53. The summed E-state index contributed by atoms with van der Waals surface area (Å²) >= 11 is 12.4. The van der Waals surface area contributed by atoms with Crippen molar-refractivity contribution >= 4 is 154 Å². The molecule has 0 radical (unpaired) electrons. The number of piperidine rings is 1. The maximum Gasteiger partial charge on any atom is 0.370 e. The first-order valence-corrected chi connectivity index (χ1v) is 37.1. The Balaban J connectivity index is 0.000000154. The molecule has 6 aliphatic rings. The van der Waals surface area contributed by atoms with Gasteiger partial charge in [0.15, 0.2) is 11.4 Å². The number of carbonyl (C=O) groups excluding carboxylic acids is 6. The van der Waals surface area contributed by atoms with E-state index in [9.17, 15) is 28.8 Å². The number of aromatic nitrogens is 2. The highest BCUT2D eigenvalue weighted by atomic mass is 127. The summed E-state index contributed by atoms with van der Waals surface area (Å²) in [4.78, 5) is 87.3. The van der Waals surface area contributed by atoms with Gasteiger partial charge < -0.3 is 57.5 Å². The van der Waals surface area contributed by atoms with Gasteiger partial charge in [-0.15, -0.1) is 0 Å². The Morgan fingerprint density at radius 3 is 1.57 bits per heavy atom. The predicted molar refractivity (Wildman–Crippen MR) is 418 cm³/mol. The number of nitrogens with zero attached hydrogens (tertiary/aromatic N) is 10. The number of benzene rings is 6. The number of halogens is 4. The normalized spacial score (nSPS) is 18.0. The summed E-state index contributed by atoms with van der Waals surface area (Å²) < 4.78 is 46.7. The summed E-state index contributed by atoms with van der Waals surface area (Å²) in [5, 5.41) is 14.5. The van der Waals surface area contributed by atoms with Crippen LogP contribution < -0.4 is 39.3 Å². The van der Waals surface area contributed by atoms with Gasteiger partial charge in [-0.05, 0) is 253 Å². The average Bonchev–Trinajstić information content (AvgIpc) is 1.57. The maximum atomic E-state index is 14.7. The molecule has 29 heteroatoms. The molecule has 1 aromatic heterocycles. The molecule has 0 unspecified atom stereocenters. The molecule has 2 atom stereocenters. The molecule has 0 spiro atoms. The van der Waals surface area contributed by atoms with Crippen LogP contribution in [-0.4, -0.2) is 185 Å². The van der Waals surface area contributed by atoms with Crippen LogP contribution in [0.4, 0.5) is 28.4 Å². The summed E-state index contributed by atoms with van der Waals surface area (Å²) in [7, 11) is 4.78. The van der Waals surface area contributed by atoms with Crippen LogP contribution in [0.15, 0.2) is 168 Å². The monoisotopic (exact) mass is 1760 g/mol. The van der Waals surface area contributed by atoms with Crippen LogP contribution in [0.5, 0.6) is 17.2 Å². The van der Waals surface area contributed by atoms with E-state index in [1.54, 1.807) is 101 Å². The van der Waals surface area contributed by atoms with Gasteiger partial charge in [0, 0.05) is 79.1 Å². The van der Waals surface area contributed by atoms with Crippen molar-refractivity contribution in [1.29, 1.82) is 0 Å². The predicted octanol–water partition coefficient (Wildman–Crippen LogP) is 11.5. The van der Waals surface area contributed by atoms with Gasteiger partial charge >= 0.3 is 17.9 Å². The average molecular weight is 1760 g/mol. The molecule has 542 valence electrons. The first-order chi connectivity index (χ1) is 50.0. The summed E-state index contributed by atoms with van der Waals surface area (Å²) in [5.74, 6) is -0.188. The summed E-state index contributed by atoms with van der Waals surface area (Å²) in [6, 6.07) is 45.4. The lowest BCUT2D eigenvalue weighted by atomic mass is 9.79. The number of rotatable bonds is 18. The van der Waals surface area contributed by atoms with Crippen LogP contribution in [0, 0.1) is 16.6 Å².